The second-order valence-corrected chi connectivity index (χ2v) is 13.2. The summed E-state index contributed by atoms with van der Waals surface area (Å²) in [6.07, 6.45) is 7.60. The topological polar surface area (TPSA) is 75.7 Å². The third-order valence-electron chi connectivity index (χ3n) is 8.06. The van der Waals surface area contributed by atoms with Crippen LogP contribution in [0.25, 0.3) is 0 Å². The van der Waals surface area contributed by atoms with Crippen LogP contribution in [-0.4, -0.2) is 34.0 Å². The largest absolute Gasteiger partial charge is 0.495 e. The highest BCUT2D eigenvalue weighted by molar-refractivity contribution is 7.94. The fraction of sp³-hybridized carbons (Fsp3) is 0.560. The highest BCUT2D eigenvalue weighted by Crippen LogP contribution is 2.61. The first-order valence-electron chi connectivity index (χ1n) is 11.8. The molecule has 33 heavy (non-hydrogen) atoms. The van der Waals surface area contributed by atoms with E-state index in [1.54, 1.807) is 41.8 Å². The summed E-state index contributed by atoms with van der Waals surface area (Å²) in [6, 6.07) is 10.2. The lowest BCUT2D eigenvalue weighted by molar-refractivity contribution is -0.124. The van der Waals surface area contributed by atoms with Crippen molar-refractivity contribution >= 4 is 33.0 Å². The molecule has 4 saturated carbocycles. The second-order valence-electron chi connectivity index (χ2n) is 10.2. The minimum atomic E-state index is -3.91. The second kappa shape index (κ2) is 8.62. The summed E-state index contributed by atoms with van der Waals surface area (Å²) >= 11 is 1.14. The van der Waals surface area contributed by atoms with E-state index >= 15 is 0 Å². The van der Waals surface area contributed by atoms with E-state index in [1.807, 2.05) is 0 Å². The number of amides is 1. The number of thiophene rings is 1. The molecule has 0 unspecified atom stereocenters. The first kappa shape index (κ1) is 22.7. The van der Waals surface area contributed by atoms with Crippen LogP contribution >= 0.6 is 11.3 Å². The molecule has 2 aromatic rings. The Labute approximate surface area is 200 Å². The molecule has 8 heteroatoms. The molecule has 1 heterocycles. The Morgan fingerprint density at radius 2 is 1.76 bits per heavy atom. The number of ether oxygens (including phenoxy) is 1. The number of nitrogens with zero attached hydrogens (tertiary/aromatic N) is 1. The summed E-state index contributed by atoms with van der Waals surface area (Å²) in [5, 5.41) is 4.93. The Morgan fingerprint density at radius 1 is 1.12 bits per heavy atom. The molecule has 0 spiro atoms. The van der Waals surface area contributed by atoms with Crippen molar-refractivity contribution in [2.75, 3.05) is 18.0 Å². The molecule has 178 valence electrons. The maximum Gasteiger partial charge on any atom is 0.274 e. The summed E-state index contributed by atoms with van der Waals surface area (Å²) in [6.45, 7) is 1.84. The van der Waals surface area contributed by atoms with Crippen molar-refractivity contribution < 1.29 is 17.9 Å². The van der Waals surface area contributed by atoms with Gasteiger partial charge in [0.1, 0.15) is 16.5 Å². The lowest BCUT2D eigenvalue weighted by Gasteiger charge is -2.59. The van der Waals surface area contributed by atoms with E-state index in [4.69, 9.17) is 4.74 Å². The van der Waals surface area contributed by atoms with Crippen molar-refractivity contribution in [2.24, 2.45) is 23.2 Å². The minimum Gasteiger partial charge on any atom is -0.495 e. The van der Waals surface area contributed by atoms with Crippen molar-refractivity contribution in [2.45, 2.75) is 55.7 Å². The number of hydrogen-bond acceptors (Lipinski definition) is 5. The Kier molecular flexibility index (Phi) is 5.93. The number of methoxy groups -OCH3 is 1. The van der Waals surface area contributed by atoms with Crippen LogP contribution in [0.15, 0.2) is 46.0 Å². The summed E-state index contributed by atoms with van der Waals surface area (Å²) < 4.78 is 33.8. The Bertz CT molecular complexity index is 1080. The van der Waals surface area contributed by atoms with Gasteiger partial charge in [-0.2, -0.15) is 0 Å². The third-order valence-corrected chi connectivity index (χ3v) is 11.2. The predicted molar refractivity (Wildman–Crippen MR) is 130 cm³/mol. The van der Waals surface area contributed by atoms with Gasteiger partial charge >= 0.3 is 0 Å². The quantitative estimate of drug-likeness (QED) is 0.586. The van der Waals surface area contributed by atoms with Crippen molar-refractivity contribution in [3.8, 4) is 5.75 Å². The average Bonchev–Trinajstić information content (AvgIpc) is 3.32. The predicted octanol–water partition coefficient (Wildman–Crippen LogP) is 4.67. The van der Waals surface area contributed by atoms with Gasteiger partial charge in [-0.25, -0.2) is 8.42 Å². The van der Waals surface area contributed by atoms with Crippen molar-refractivity contribution in [1.82, 2.24) is 5.32 Å². The van der Waals surface area contributed by atoms with E-state index < -0.39 is 10.0 Å². The molecule has 1 N–H and O–H groups in total. The SMILES string of the molecule is COc1ccccc1N(CC(=O)N[C@@H](C)C12CC3CC(CC(C3)C1)C2)S(=O)(=O)c1cccs1. The molecular weight excluding hydrogens is 456 g/mol. The molecule has 4 bridgehead atoms. The van der Waals surface area contributed by atoms with Gasteiger partial charge in [0.2, 0.25) is 5.91 Å². The smallest absolute Gasteiger partial charge is 0.274 e. The molecule has 6 nitrogen and oxygen atoms in total. The zero-order valence-corrected chi connectivity index (χ0v) is 20.8. The first-order chi connectivity index (χ1) is 15.8. The summed E-state index contributed by atoms with van der Waals surface area (Å²) in [5.74, 6) is 2.52. The lowest BCUT2D eigenvalue weighted by atomic mass is 9.48. The molecular formula is C25H32N2O4S2. The number of rotatable bonds is 8. The van der Waals surface area contributed by atoms with E-state index in [2.05, 4.69) is 12.2 Å². The highest BCUT2D eigenvalue weighted by atomic mass is 32.2. The minimum absolute atomic E-state index is 0.0300. The Balaban J connectivity index is 1.38. The molecule has 0 aliphatic heterocycles. The summed E-state index contributed by atoms with van der Waals surface area (Å²) in [5.41, 5.74) is 0.526. The molecule has 4 aliphatic rings. The van der Waals surface area contributed by atoms with Crippen LogP contribution < -0.4 is 14.4 Å². The first-order valence-corrected chi connectivity index (χ1v) is 14.1. The molecule has 1 atom stereocenters. The van der Waals surface area contributed by atoms with Gasteiger partial charge < -0.3 is 10.1 Å². The highest BCUT2D eigenvalue weighted by Gasteiger charge is 2.53. The van der Waals surface area contributed by atoms with Crippen molar-refractivity contribution in [3.63, 3.8) is 0 Å². The van der Waals surface area contributed by atoms with Crippen LogP contribution in [-0.2, 0) is 14.8 Å². The van der Waals surface area contributed by atoms with Gasteiger partial charge in [-0.1, -0.05) is 18.2 Å². The van der Waals surface area contributed by atoms with Crippen LogP contribution in [0.3, 0.4) is 0 Å². The number of carbonyl (C=O) groups is 1. The molecule has 4 aliphatic carbocycles. The summed E-state index contributed by atoms with van der Waals surface area (Å²) in [7, 11) is -2.40. The van der Waals surface area contributed by atoms with Gasteiger partial charge in [0, 0.05) is 6.04 Å². The van der Waals surface area contributed by atoms with Crippen LogP contribution in [0.1, 0.15) is 45.4 Å². The van der Waals surface area contributed by atoms with Gasteiger partial charge in [-0.05, 0) is 92.2 Å². The monoisotopic (exact) mass is 488 g/mol. The molecule has 6 rings (SSSR count). The molecule has 1 amide bonds. The van der Waals surface area contributed by atoms with Crippen LogP contribution in [0.2, 0.25) is 0 Å². The average molecular weight is 489 g/mol. The van der Waals surface area contributed by atoms with Crippen LogP contribution in [0.4, 0.5) is 5.69 Å². The fourth-order valence-corrected chi connectivity index (χ4v) is 9.47. The van der Waals surface area contributed by atoms with Gasteiger partial charge in [0.25, 0.3) is 10.0 Å². The third kappa shape index (κ3) is 4.16. The molecule has 0 saturated heterocycles. The van der Waals surface area contributed by atoms with Crippen LogP contribution in [0.5, 0.6) is 5.75 Å². The molecule has 1 aromatic carbocycles. The van der Waals surface area contributed by atoms with Gasteiger partial charge in [-0.3, -0.25) is 9.10 Å². The zero-order chi connectivity index (χ0) is 23.2. The van der Waals surface area contributed by atoms with Gasteiger partial charge in [0.15, 0.2) is 0 Å². The standard InChI is InChI=1S/C25H32N2O4S2/c1-17(25-13-18-10-19(14-25)12-20(11-18)15-25)26-23(28)16-27(21-6-3-4-7-22(21)31-2)33(29,30)24-8-5-9-32-24/h3-9,17-20H,10-16H2,1-2H3,(H,26,28)/t17-,18?,19?,20?,25?/m0/s1. The van der Waals surface area contributed by atoms with E-state index in [0.29, 0.717) is 11.4 Å². The number of hydrogen-bond donors (Lipinski definition) is 1. The van der Waals surface area contributed by atoms with E-state index in [9.17, 15) is 13.2 Å². The van der Waals surface area contributed by atoms with Crippen molar-refractivity contribution in [3.05, 3.63) is 41.8 Å². The van der Waals surface area contributed by atoms with Gasteiger partial charge in [0.05, 0.1) is 12.8 Å². The number of benzene rings is 1. The van der Waals surface area contributed by atoms with Gasteiger partial charge in [-0.15, -0.1) is 11.3 Å². The normalized spacial score (nSPS) is 29.0. The molecule has 0 radical (unpaired) electrons. The lowest BCUT2D eigenvalue weighted by Crippen LogP contribution is -2.57. The maximum atomic E-state index is 13.5. The number of carbonyl (C=O) groups excluding carboxylic acids is 1. The number of anilines is 1. The van der Waals surface area contributed by atoms with E-state index in [-0.39, 0.29) is 28.1 Å². The van der Waals surface area contributed by atoms with E-state index in [1.165, 1.54) is 49.9 Å². The van der Waals surface area contributed by atoms with Crippen molar-refractivity contribution in [1.29, 1.82) is 0 Å². The number of para-hydroxylation sites is 2. The van der Waals surface area contributed by atoms with E-state index in [0.717, 1.165) is 29.1 Å². The molecule has 4 fully saturated rings. The Hall–Kier alpha value is -2.06. The number of sulfonamides is 1. The molecule has 1 aromatic heterocycles. The number of nitrogens with one attached hydrogen (secondary N) is 1. The Morgan fingerprint density at radius 3 is 2.33 bits per heavy atom. The van der Waals surface area contributed by atoms with Crippen LogP contribution in [0, 0.1) is 23.2 Å². The fourth-order valence-electron chi connectivity index (χ4n) is 6.93. The summed E-state index contributed by atoms with van der Waals surface area (Å²) in [4.78, 5) is 13.3. The maximum absolute atomic E-state index is 13.5. The zero-order valence-electron chi connectivity index (χ0n) is 19.2.